The van der Waals surface area contributed by atoms with E-state index in [0.717, 1.165) is 0 Å². The Morgan fingerprint density at radius 3 is 0.150 bits per heavy atom. The summed E-state index contributed by atoms with van der Waals surface area (Å²) in [7, 11) is -5.26. The van der Waals surface area contributed by atoms with Crippen molar-refractivity contribution in [2.24, 2.45) is 0 Å². The van der Waals surface area contributed by atoms with Gasteiger partial charge in [-0.15, -0.1) is 0 Å². The molecule has 0 aliphatic carbocycles. The van der Waals surface area contributed by atoms with Gasteiger partial charge < -0.3 is 0 Å². The number of hydrogen-bond acceptors (Lipinski definition) is 0. The van der Waals surface area contributed by atoms with Crippen LogP contribution in [0, 0.1) is 0 Å². The van der Waals surface area contributed by atoms with Crippen molar-refractivity contribution in [1.82, 2.24) is 0 Å². The third-order valence-electron chi connectivity index (χ3n) is 19.1. The van der Waals surface area contributed by atoms with Crippen LogP contribution in [-0.4, -0.2) is 0 Å². The number of rotatable bonds is 18. The maximum atomic E-state index is 2.24. The molecule has 0 saturated carbocycles. The van der Waals surface area contributed by atoms with E-state index in [4.69, 9.17) is 0 Å². The van der Waals surface area contributed by atoms with Crippen LogP contribution in [0.4, 0.5) is 0 Å². The first-order valence-electron chi connectivity index (χ1n) is 38.9. The number of hydrogen-bond donors (Lipinski definition) is 0. The summed E-state index contributed by atoms with van der Waals surface area (Å²) in [4.78, 5) is 0. The van der Waals surface area contributed by atoms with Crippen LogP contribution >= 0.6 is 47.5 Å². The van der Waals surface area contributed by atoms with Crippen molar-refractivity contribution in [2.45, 2.75) is 0 Å². The van der Waals surface area contributed by atoms with Crippen molar-refractivity contribution in [1.29, 1.82) is 0 Å². The molecule has 0 aliphatic heterocycles. The van der Waals surface area contributed by atoms with Crippen LogP contribution < -0.4 is 95.5 Å². The molecule has 18 rings (SSSR count). The topological polar surface area (TPSA) is 0 Å². The van der Waals surface area contributed by atoms with E-state index in [9.17, 15) is 0 Å². The van der Waals surface area contributed by atoms with Crippen molar-refractivity contribution < 1.29 is 102 Å². The van der Waals surface area contributed by atoms with Gasteiger partial charge in [0, 0.05) is 0 Å². The van der Waals surface area contributed by atoms with E-state index in [1.165, 1.54) is 95.5 Å². The Bertz CT molecular complexity index is 4100. The molecule has 0 spiro atoms. The summed E-state index contributed by atoms with van der Waals surface area (Å²) in [5, 5.41) is 25.8. The van der Waals surface area contributed by atoms with E-state index in [2.05, 4.69) is 546 Å². The second-order valence-electron chi connectivity index (χ2n) is 26.8. The van der Waals surface area contributed by atoms with Gasteiger partial charge in [-0.3, -0.25) is 0 Å². The molecular weight excluding hydrogens is 1860 g/mol. The Balaban J connectivity index is 0.000000196. The van der Waals surface area contributed by atoms with Gasteiger partial charge in [0.05, 0.1) is 47.5 Å². The fraction of sp³-hybridized carbons (Fsp3) is 0. The molecule has 0 nitrogen and oxygen atoms in total. The van der Waals surface area contributed by atoms with E-state index in [-0.39, 0.29) is 102 Å². The molecule has 6 radical (unpaired) electrons. The first-order valence-corrected chi connectivity index (χ1v) is 47.9. The minimum atomic E-state index is -0.877. The Morgan fingerprint density at radius 2 is 0.108 bits per heavy atom. The summed E-state index contributed by atoms with van der Waals surface area (Å²) in [6.45, 7) is 0. The summed E-state index contributed by atoms with van der Waals surface area (Å²) < 4.78 is 0. The predicted molar refractivity (Wildman–Crippen MR) is 528 cm³/mol. The van der Waals surface area contributed by atoms with E-state index in [0.29, 0.717) is 0 Å². The zero-order chi connectivity index (χ0) is 77.5. The quantitative estimate of drug-likeness (QED) is 0.0593. The Morgan fingerprint density at radius 1 is 0.0667 bits per heavy atom. The summed E-state index contributed by atoms with van der Waals surface area (Å²) in [6, 6.07) is 195. The summed E-state index contributed by atoms with van der Waals surface area (Å²) in [5.74, 6) is 0. The van der Waals surface area contributed by atoms with Crippen molar-refractivity contribution in [3.05, 3.63) is 546 Å². The first kappa shape index (κ1) is 98.8. The van der Waals surface area contributed by atoms with Gasteiger partial charge in [0.2, 0.25) is 0 Å². The molecule has 0 unspecified atom stereocenters. The average Bonchev–Trinajstić information content (AvgIpc) is 0.853. The van der Waals surface area contributed by atoms with Gasteiger partial charge in [0.15, 0.2) is 0 Å². The van der Waals surface area contributed by atoms with Crippen molar-refractivity contribution >= 4 is 143 Å². The largest absolute Gasteiger partial charge is 0.102 e. The molecule has 624 valence electrons. The summed E-state index contributed by atoms with van der Waals surface area (Å²) >= 11 is 0. The van der Waals surface area contributed by atoms with Gasteiger partial charge in [-0.25, -0.2) is 0 Å². The van der Waals surface area contributed by atoms with Gasteiger partial charge in [-0.05, 0) is 218 Å². The number of benzene rings is 18. The van der Waals surface area contributed by atoms with Gasteiger partial charge >= 0.3 is 102 Å². The fourth-order valence-electron chi connectivity index (χ4n) is 13.9. The average molecular weight is 1970 g/mol. The second kappa shape index (κ2) is 56.4. The van der Waals surface area contributed by atoms with E-state index < -0.39 is 47.5 Å². The van der Waals surface area contributed by atoms with Gasteiger partial charge in [0.1, 0.15) is 95.5 Å². The zero-order valence-electron chi connectivity index (χ0n) is 65.9. The van der Waals surface area contributed by atoms with Crippen LogP contribution in [0.25, 0.3) is 0 Å². The van der Waals surface area contributed by atoms with Crippen LogP contribution in [0.5, 0.6) is 0 Å². The van der Waals surface area contributed by atoms with Crippen LogP contribution in [0.1, 0.15) is 0 Å². The molecule has 0 bridgehead atoms. The Hall–Kier alpha value is -8.34. The van der Waals surface area contributed by atoms with E-state index in [1.54, 1.807) is 0 Å². The zero-order valence-corrected chi connectivity index (χ0v) is 77.8. The molecule has 0 atom stereocenters. The maximum Gasteiger partial charge on any atom is 0.102 e. The van der Waals surface area contributed by atoms with Gasteiger partial charge in [-0.1, -0.05) is 328 Å². The molecular formula is C108H102Cu6P6+6. The molecule has 0 aromatic heterocycles. The van der Waals surface area contributed by atoms with E-state index >= 15 is 0 Å². The smallest absolute Gasteiger partial charge is 0.0620 e. The standard InChI is InChI=1S/6C18H15P.6Cu.6H/c6*1-4-10-16(11-5-1)19(17-12-6-2-7-13-17)18-14-8-3-9-15-18;;;;;;;;;;;;/h6*1-15H;;;;;;;;;;;;/p+6. The van der Waals surface area contributed by atoms with Gasteiger partial charge in [0.25, 0.3) is 0 Å². The van der Waals surface area contributed by atoms with E-state index in [1.807, 2.05) is 0 Å². The minimum Gasteiger partial charge on any atom is -0.0620 e. The third kappa shape index (κ3) is 30.0. The second-order valence-corrected chi connectivity index (χ2v) is 41.7. The Kier molecular flexibility index (Phi) is 46.4. The first-order chi connectivity index (χ1) is 56.7. The molecule has 0 N–H and O–H groups in total. The molecule has 0 amide bonds. The third-order valence-corrected chi connectivity index (χ3v) is 35.5. The molecule has 0 aliphatic rings. The predicted octanol–water partition coefficient (Wildman–Crippen LogP) is 17.4. The van der Waals surface area contributed by atoms with Gasteiger partial charge in [-0.2, -0.15) is 0 Å². The molecule has 120 heavy (non-hydrogen) atoms. The monoisotopic (exact) mass is 1960 g/mol. The van der Waals surface area contributed by atoms with Crippen LogP contribution in [0.2, 0.25) is 0 Å². The SMILES string of the molecule is [CuH].[CuH].[CuH].[CuH].[CuH].[CuH].c1ccc([PH+](c2ccccc2)c2ccccc2)cc1.c1ccc([PH+](c2ccccc2)c2ccccc2)cc1.c1ccc([PH+](c2ccccc2)c2ccccc2)cc1.c1ccc([PH+](c2ccccc2)c2ccccc2)cc1.c1ccc([PH+](c2ccccc2)c2ccccc2)cc1.c1ccc([PH+](c2ccccc2)c2ccccc2)cc1. The van der Waals surface area contributed by atoms with Crippen LogP contribution in [-0.2, 0) is 102 Å². The fourth-order valence-corrected chi connectivity index (χ4v) is 29.4. The normalized spacial score (nSPS) is 10.1. The molecule has 18 aromatic rings. The van der Waals surface area contributed by atoms with Crippen LogP contribution in [0.3, 0.4) is 0 Å². The minimum absolute atomic E-state index is 0. The summed E-state index contributed by atoms with van der Waals surface area (Å²) in [5.41, 5.74) is 0. The molecule has 12 heteroatoms. The van der Waals surface area contributed by atoms with Crippen molar-refractivity contribution in [3.63, 3.8) is 0 Å². The molecule has 18 aromatic carbocycles. The molecule has 0 saturated heterocycles. The van der Waals surface area contributed by atoms with Crippen molar-refractivity contribution in [2.75, 3.05) is 0 Å². The molecule has 0 fully saturated rings. The van der Waals surface area contributed by atoms with Crippen LogP contribution in [0.15, 0.2) is 546 Å². The Labute approximate surface area is 783 Å². The maximum absolute atomic E-state index is 2.24. The van der Waals surface area contributed by atoms with Crippen molar-refractivity contribution in [3.8, 4) is 0 Å². The summed E-state index contributed by atoms with van der Waals surface area (Å²) in [6.07, 6.45) is 0. The molecule has 0 heterocycles.